The van der Waals surface area contributed by atoms with E-state index in [1.54, 1.807) is 28.8 Å². The Hall–Kier alpha value is -3.97. The second kappa shape index (κ2) is 9.59. The first-order valence-electron chi connectivity index (χ1n) is 11.7. The van der Waals surface area contributed by atoms with Crippen molar-refractivity contribution in [3.8, 4) is 6.07 Å². The summed E-state index contributed by atoms with van der Waals surface area (Å²) in [5, 5.41) is 10.5. The van der Waals surface area contributed by atoms with Gasteiger partial charge in [0.15, 0.2) is 16.9 Å². The number of thioether (sulfide) groups is 1. The van der Waals surface area contributed by atoms with E-state index in [9.17, 15) is 19.6 Å². The topological polar surface area (TPSA) is 126 Å². The van der Waals surface area contributed by atoms with Crippen molar-refractivity contribution in [1.82, 2.24) is 24.1 Å². The largest absolute Gasteiger partial charge is 0.329 e. The summed E-state index contributed by atoms with van der Waals surface area (Å²) in [4.78, 5) is 49.6. The number of imidazole rings is 1. The van der Waals surface area contributed by atoms with Crippen LogP contribution in [0.2, 0.25) is 0 Å². The Morgan fingerprint density at radius 1 is 1.14 bits per heavy atom. The average Bonchev–Trinajstić information content (AvgIpc) is 3.25. The number of hydrogen-bond donors (Lipinski definition) is 1. The van der Waals surface area contributed by atoms with Crippen LogP contribution in [-0.4, -0.2) is 29.9 Å². The fourth-order valence-electron chi connectivity index (χ4n) is 4.76. The number of nitrogens with one attached hydrogen (secondary N) is 1. The highest BCUT2D eigenvalue weighted by Crippen LogP contribution is 2.33. The number of pyridine rings is 1. The number of H-pyrrole nitrogens is 1. The summed E-state index contributed by atoms with van der Waals surface area (Å²) >= 11 is 1.35. The fourth-order valence-corrected chi connectivity index (χ4v) is 5.76. The maximum atomic E-state index is 13.1. The predicted octanol–water partition coefficient (Wildman–Crippen LogP) is 3.05. The lowest BCUT2D eigenvalue weighted by atomic mass is 9.88. The number of rotatable bonds is 6. The number of aromatic nitrogens is 5. The zero-order chi connectivity index (χ0) is 25.4. The van der Waals surface area contributed by atoms with Gasteiger partial charge >= 0.3 is 5.69 Å². The second-order valence-electron chi connectivity index (χ2n) is 8.84. The minimum Gasteiger partial charge on any atom is -0.313 e. The molecule has 0 unspecified atom stereocenters. The van der Waals surface area contributed by atoms with Crippen LogP contribution in [-0.2, 0) is 32.2 Å². The van der Waals surface area contributed by atoms with Crippen molar-refractivity contribution in [2.24, 2.45) is 7.05 Å². The monoisotopic (exact) mass is 500 g/mol. The van der Waals surface area contributed by atoms with Gasteiger partial charge in [0.2, 0.25) is 0 Å². The first-order chi connectivity index (χ1) is 17.4. The molecule has 1 aliphatic carbocycles. The molecule has 0 saturated carbocycles. The number of carbonyl (C=O) groups excluding carboxylic acids is 1. The number of ketones is 1. The molecule has 1 aromatic carbocycles. The van der Waals surface area contributed by atoms with Crippen LogP contribution >= 0.6 is 11.8 Å². The van der Waals surface area contributed by atoms with Gasteiger partial charge in [-0.3, -0.25) is 19.1 Å². The summed E-state index contributed by atoms with van der Waals surface area (Å²) in [6.45, 7) is 1.86. The lowest BCUT2D eigenvalue weighted by Crippen LogP contribution is -2.29. The number of benzene rings is 1. The summed E-state index contributed by atoms with van der Waals surface area (Å²) in [5.41, 5.74) is 3.46. The van der Waals surface area contributed by atoms with E-state index in [1.165, 1.54) is 28.9 Å². The molecule has 0 radical (unpaired) electrons. The number of aromatic amines is 1. The van der Waals surface area contributed by atoms with Crippen LogP contribution in [0.25, 0.3) is 11.2 Å². The standard InChI is InChI=1S/C26H24N6O3S/c1-15-17-10-6-7-11-18(17)19(12-27)25(28-15)36-14-21-29-23-22(24(34)30-26(35)31(23)2)32(21)13-20(33)16-8-4-3-5-9-16/h3-5,8-9H,6-7,10-11,13-14H2,1-2H3,(H,30,34,35). The van der Waals surface area contributed by atoms with E-state index >= 15 is 0 Å². The molecule has 1 aliphatic rings. The van der Waals surface area contributed by atoms with Gasteiger partial charge < -0.3 is 4.57 Å². The summed E-state index contributed by atoms with van der Waals surface area (Å²) in [7, 11) is 1.52. The van der Waals surface area contributed by atoms with Crippen LogP contribution in [0.15, 0.2) is 44.9 Å². The Balaban J connectivity index is 1.57. The minimum absolute atomic E-state index is 0.112. The first kappa shape index (κ1) is 23.8. The van der Waals surface area contributed by atoms with Crippen molar-refractivity contribution in [2.45, 2.75) is 49.9 Å². The van der Waals surface area contributed by atoms with Crippen LogP contribution < -0.4 is 11.2 Å². The lowest BCUT2D eigenvalue weighted by molar-refractivity contribution is 0.0972. The van der Waals surface area contributed by atoms with Crippen molar-refractivity contribution in [3.63, 3.8) is 0 Å². The molecule has 182 valence electrons. The molecule has 3 heterocycles. The Morgan fingerprint density at radius 3 is 2.58 bits per heavy atom. The predicted molar refractivity (Wildman–Crippen MR) is 136 cm³/mol. The Morgan fingerprint density at radius 2 is 1.86 bits per heavy atom. The Kier molecular flexibility index (Phi) is 6.33. The van der Waals surface area contributed by atoms with Crippen molar-refractivity contribution >= 4 is 28.7 Å². The second-order valence-corrected chi connectivity index (χ2v) is 9.80. The number of hydrogen-bond acceptors (Lipinski definition) is 7. The van der Waals surface area contributed by atoms with E-state index in [1.807, 2.05) is 13.0 Å². The number of aryl methyl sites for hydroxylation is 2. The average molecular weight is 501 g/mol. The van der Waals surface area contributed by atoms with E-state index < -0.39 is 11.2 Å². The van der Waals surface area contributed by atoms with Gasteiger partial charge in [-0.2, -0.15) is 5.26 Å². The highest BCUT2D eigenvalue weighted by molar-refractivity contribution is 7.98. The van der Waals surface area contributed by atoms with Crippen molar-refractivity contribution in [2.75, 3.05) is 0 Å². The van der Waals surface area contributed by atoms with E-state index in [4.69, 9.17) is 4.98 Å². The van der Waals surface area contributed by atoms with Gasteiger partial charge in [0, 0.05) is 18.3 Å². The minimum atomic E-state index is -0.599. The molecule has 1 N–H and O–H groups in total. The summed E-state index contributed by atoms with van der Waals surface area (Å²) in [6.07, 6.45) is 3.93. The molecule has 3 aromatic heterocycles. The van der Waals surface area contributed by atoms with E-state index in [0.29, 0.717) is 22.0 Å². The normalized spacial score (nSPS) is 12.9. The molecule has 0 aliphatic heterocycles. The molecule has 0 fully saturated rings. The molecule has 36 heavy (non-hydrogen) atoms. The SMILES string of the molecule is Cc1nc(SCc2nc3c(c(=O)[nH]c(=O)n3C)n2CC(=O)c2ccccc2)c(C#N)c2c1CCCC2. The third-order valence-corrected chi connectivity index (χ3v) is 7.59. The lowest BCUT2D eigenvalue weighted by Gasteiger charge is -2.20. The van der Waals surface area contributed by atoms with Gasteiger partial charge in [-0.15, -0.1) is 0 Å². The highest BCUT2D eigenvalue weighted by atomic mass is 32.2. The van der Waals surface area contributed by atoms with Gasteiger partial charge in [0.25, 0.3) is 5.56 Å². The van der Waals surface area contributed by atoms with E-state index in [-0.39, 0.29) is 29.2 Å². The fraction of sp³-hybridized carbons (Fsp3) is 0.308. The van der Waals surface area contributed by atoms with Gasteiger partial charge in [-0.1, -0.05) is 42.1 Å². The maximum absolute atomic E-state index is 13.1. The third-order valence-electron chi connectivity index (χ3n) is 6.62. The van der Waals surface area contributed by atoms with E-state index in [0.717, 1.165) is 36.9 Å². The first-order valence-corrected chi connectivity index (χ1v) is 12.7. The molecule has 10 heteroatoms. The zero-order valence-corrected chi connectivity index (χ0v) is 20.8. The molecule has 5 rings (SSSR count). The number of fused-ring (bicyclic) bond motifs is 2. The Bertz CT molecular complexity index is 1660. The van der Waals surface area contributed by atoms with Crippen molar-refractivity contribution < 1.29 is 4.79 Å². The van der Waals surface area contributed by atoms with Gasteiger partial charge in [-0.25, -0.2) is 14.8 Å². The van der Waals surface area contributed by atoms with E-state index in [2.05, 4.69) is 16.0 Å². The van der Waals surface area contributed by atoms with Gasteiger partial charge in [-0.05, 0) is 43.7 Å². The summed E-state index contributed by atoms with van der Waals surface area (Å²) < 4.78 is 2.82. The van der Waals surface area contributed by atoms with Crippen LogP contribution in [0.5, 0.6) is 0 Å². The number of nitriles is 1. The quantitative estimate of drug-likeness (QED) is 0.318. The van der Waals surface area contributed by atoms with Gasteiger partial charge in [0.1, 0.15) is 16.9 Å². The van der Waals surface area contributed by atoms with Crippen molar-refractivity contribution in [1.29, 1.82) is 5.26 Å². The smallest absolute Gasteiger partial charge is 0.313 e. The Labute approximate surface area is 210 Å². The molecule has 0 bridgehead atoms. The van der Waals surface area contributed by atoms with Crippen LogP contribution in [0.3, 0.4) is 0 Å². The summed E-state index contributed by atoms with van der Waals surface area (Å²) in [6, 6.07) is 11.2. The van der Waals surface area contributed by atoms with Crippen molar-refractivity contribution in [3.05, 3.63) is 84.9 Å². The number of nitrogens with zero attached hydrogens (tertiary/aromatic N) is 5. The van der Waals surface area contributed by atoms with Crippen LogP contribution in [0.4, 0.5) is 0 Å². The maximum Gasteiger partial charge on any atom is 0.329 e. The molecular weight excluding hydrogens is 476 g/mol. The summed E-state index contributed by atoms with van der Waals surface area (Å²) in [5.74, 6) is 0.534. The molecule has 0 amide bonds. The van der Waals surface area contributed by atoms with Gasteiger partial charge in [0.05, 0.1) is 17.9 Å². The zero-order valence-electron chi connectivity index (χ0n) is 20.0. The third kappa shape index (κ3) is 4.16. The number of Topliss-reactive ketones (excluding diaryl/α,β-unsaturated/α-hetero) is 1. The molecule has 9 nitrogen and oxygen atoms in total. The molecule has 4 aromatic rings. The molecular formula is C26H24N6O3S. The number of carbonyl (C=O) groups is 1. The molecule has 0 saturated heterocycles. The molecule has 0 spiro atoms. The van der Waals surface area contributed by atoms with Crippen LogP contribution in [0.1, 0.15) is 51.4 Å². The molecule has 0 atom stereocenters. The highest BCUT2D eigenvalue weighted by Gasteiger charge is 2.23. The van der Waals surface area contributed by atoms with Crippen LogP contribution in [0, 0.1) is 18.3 Å².